The second-order valence-electron chi connectivity index (χ2n) is 8.70. The molecule has 0 saturated heterocycles. The third-order valence-electron chi connectivity index (χ3n) is 5.96. The van der Waals surface area contributed by atoms with Crippen molar-refractivity contribution in [1.29, 1.82) is 0 Å². The van der Waals surface area contributed by atoms with Crippen molar-refractivity contribution in [3.8, 4) is 33.8 Å². The highest BCUT2D eigenvalue weighted by Gasteiger charge is 2.43. The van der Waals surface area contributed by atoms with Gasteiger partial charge in [-0.3, -0.25) is 0 Å². The van der Waals surface area contributed by atoms with Crippen LogP contribution in [0, 0.1) is 58.2 Å². The molecule has 0 saturated carbocycles. The fourth-order valence-corrected chi connectivity index (χ4v) is 4.12. The van der Waals surface area contributed by atoms with E-state index in [1.165, 1.54) is 0 Å². The molecule has 4 aromatic carbocycles. The van der Waals surface area contributed by atoms with Gasteiger partial charge in [0.2, 0.25) is 11.6 Å². The summed E-state index contributed by atoms with van der Waals surface area (Å²) in [6, 6.07) is 1.70. The average molecular weight is 682 g/mol. The number of carbonyl (C=O) groups is 1. The van der Waals surface area contributed by atoms with Crippen molar-refractivity contribution in [1.82, 2.24) is 0 Å². The van der Waals surface area contributed by atoms with Crippen molar-refractivity contribution < 1.29 is 84.5 Å². The number of alkyl halides is 6. The number of ether oxygens (including phenoxy) is 2. The van der Waals surface area contributed by atoms with Gasteiger partial charge in [-0.2, -0.15) is 26.3 Å². The molecule has 0 aliphatic carbocycles. The lowest BCUT2D eigenvalue weighted by molar-refractivity contribution is -0.138. The van der Waals surface area contributed by atoms with Gasteiger partial charge in [-0.25, -0.2) is 48.7 Å². The molecule has 0 aliphatic rings. The summed E-state index contributed by atoms with van der Waals surface area (Å²) in [5.74, 6) is -30.8. The topological polar surface area (TPSA) is 35.5 Å². The van der Waals surface area contributed by atoms with Gasteiger partial charge >= 0.3 is 18.5 Å². The van der Waals surface area contributed by atoms with Crippen molar-refractivity contribution in [3.63, 3.8) is 0 Å². The first kappa shape index (κ1) is 33.9. The molecular weight excluding hydrogens is 676 g/mol. The molecule has 0 fully saturated rings. The summed E-state index contributed by atoms with van der Waals surface area (Å²) in [6.45, 7) is 0. The lowest BCUT2D eigenvalue weighted by atomic mass is 9.96. The lowest BCUT2D eigenvalue weighted by Crippen LogP contribution is -2.20. The van der Waals surface area contributed by atoms with Gasteiger partial charge in [0.05, 0.1) is 11.1 Å². The van der Waals surface area contributed by atoms with E-state index in [4.69, 9.17) is 0 Å². The number of benzene rings is 4. The second-order valence-corrected chi connectivity index (χ2v) is 8.70. The number of halogens is 16. The Labute approximate surface area is 243 Å². The van der Waals surface area contributed by atoms with E-state index < -0.39 is 122 Å². The SMILES string of the molecule is O=C(Oc1cccc(-c2c(F)c(F)c(F)c(F)c2F)c1C(F)(F)F)Oc1cccc(-c2c(F)c(F)c(F)c(F)c2F)c1C(F)(F)F. The van der Waals surface area contributed by atoms with Crippen LogP contribution in [0.2, 0.25) is 0 Å². The van der Waals surface area contributed by atoms with E-state index in [-0.39, 0.29) is 24.3 Å². The molecule has 46 heavy (non-hydrogen) atoms. The van der Waals surface area contributed by atoms with E-state index in [2.05, 4.69) is 9.47 Å². The van der Waals surface area contributed by atoms with Crippen LogP contribution in [-0.2, 0) is 12.4 Å². The Morgan fingerprint density at radius 3 is 0.957 bits per heavy atom. The van der Waals surface area contributed by atoms with Crippen LogP contribution in [0.15, 0.2) is 36.4 Å². The smallest absolute Gasteiger partial charge is 0.394 e. The molecule has 0 heterocycles. The maximum Gasteiger partial charge on any atom is 0.519 e. The molecule has 4 rings (SSSR count). The van der Waals surface area contributed by atoms with Crippen molar-refractivity contribution in [2.24, 2.45) is 0 Å². The highest BCUT2D eigenvalue weighted by Crippen LogP contribution is 2.47. The van der Waals surface area contributed by atoms with Crippen LogP contribution in [0.25, 0.3) is 22.3 Å². The molecule has 19 heteroatoms. The molecule has 244 valence electrons. The molecule has 0 N–H and O–H groups in total. The fraction of sp³-hybridized carbons (Fsp3) is 0.0741. The van der Waals surface area contributed by atoms with Crippen LogP contribution in [0.5, 0.6) is 11.5 Å². The molecule has 3 nitrogen and oxygen atoms in total. The first-order valence-corrected chi connectivity index (χ1v) is 11.5. The zero-order valence-corrected chi connectivity index (χ0v) is 21.2. The Hall–Kier alpha value is -4.97. The van der Waals surface area contributed by atoms with Gasteiger partial charge in [-0.15, -0.1) is 0 Å². The second kappa shape index (κ2) is 11.8. The van der Waals surface area contributed by atoms with E-state index >= 15 is 0 Å². The quantitative estimate of drug-likeness (QED) is 0.0707. The molecule has 4 aromatic rings. The van der Waals surface area contributed by atoms with E-state index in [0.717, 1.165) is 0 Å². The van der Waals surface area contributed by atoms with E-state index in [1.54, 1.807) is 0 Å². The van der Waals surface area contributed by atoms with Crippen molar-refractivity contribution in [2.75, 3.05) is 0 Å². The molecule has 0 aromatic heterocycles. The van der Waals surface area contributed by atoms with Crippen LogP contribution in [0.1, 0.15) is 11.1 Å². The van der Waals surface area contributed by atoms with Gasteiger partial charge in [0, 0.05) is 11.1 Å². The molecule has 0 amide bonds. The predicted octanol–water partition coefficient (Wildman–Crippen LogP) is 10.0. The first-order valence-electron chi connectivity index (χ1n) is 11.5. The van der Waals surface area contributed by atoms with Crippen LogP contribution < -0.4 is 9.47 Å². The summed E-state index contributed by atoms with van der Waals surface area (Å²) < 4.78 is 232. The summed E-state index contributed by atoms with van der Waals surface area (Å²) in [6.07, 6.45) is -14.2. The molecule has 0 aliphatic heterocycles. The van der Waals surface area contributed by atoms with Gasteiger partial charge in [-0.05, 0) is 12.1 Å². The van der Waals surface area contributed by atoms with E-state index in [1.807, 2.05) is 0 Å². The number of hydrogen-bond donors (Lipinski definition) is 0. The summed E-state index contributed by atoms with van der Waals surface area (Å²) in [4.78, 5) is 12.4. The summed E-state index contributed by atoms with van der Waals surface area (Å²) in [5.41, 5.74) is -12.7. The molecule has 0 bridgehead atoms. The summed E-state index contributed by atoms with van der Waals surface area (Å²) >= 11 is 0. The highest BCUT2D eigenvalue weighted by molar-refractivity contribution is 5.77. The zero-order valence-electron chi connectivity index (χ0n) is 21.2. The first-order chi connectivity index (χ1) is 21.2. The Kier molecular flexibility index (Phi) is 8.67. The minimum absolute atomic E-state index is 0.189. The molecule has 0 radical (unpaired) electrons. The molecule has 0 atom stereocenters. The van der Waals surface area contributed by atoms with Crippen LogP contribution in [0.4, 0.5) is 75.0 Å². The van der Waals surface area contributed by atoms with E-state index in [9.17, 15) is 75.0 Å². The third kappa shape index (κ3) is 5.76. The summed E-state index contributed by atoms with van der Waals surface area (Å²) in [5, 5.41) is 0. The lowest BCUT2D eigenvalue weighted by Gasteiger charge is -2.20. The Bertz CT molecular complexity index is 1700. The minimum atomic E-state index is -5.84. The highest BCUT2D eigenvalue weighted by atomic mass is 19.4. The Morgan fingerprint density at radius 1 is 0.435 bits per heavy atom. The van der Waals surface area contributed by atoms with Crippen molar-refractivity contribution >= 4 is 6.16 Å². The van der Waals surface area contributed by atoms with E-state index in [0.29, 0.717) is 12.1 Å². The molecule has 0 unspecified atom stereocenters. The number of rotatable bonds is 4. The Morgan fingerprint density at radius 2 is 0.696 bits per heavy atom. The van der Waals surface area contributed by atoms with Gasteiger partial charge in [-0.1, -0.05) is 24.3 Å². The average Bonchev–Trinajstić information content (AvgIpc) is 2.96. The number of hydrogen-bond acceptors (Lipinski definition) is 3. The summed E-state index contributed by atoms with van der Waals surface area (Å²) in [7, 11) is 0. The molecule has 0 spiro atoms. The van der Waals surface area contributed by atoms with Gasteiger partial charge < -0.3 is 9.47 Å². The van der Waals surface area contributed by atoms with Crippen LogP contribution >= 0.6 is 0 Å². The van der Waals surface area contributed by atoms with Crippen molar-refractivity contribution in [3.05, 3.63) is 106 Å². The minimum Gasteiger partial charge on any atom is -0.394 e. The van der Waals surface area contributed by atoms with Crippen molar-refractivity contribution in [2.45, 2.75) is 12.4 Å². The van der Waals surface area contributed by atoms with Gasteiger partial charge in [0.25, 0.3) is 0 Å². The van der Waals surface area contributed by atoms with Crippen LogP contribution in [0.3, 0.4) is 0 Å². The van der Waals surface area contributed by atoms with Gasteiger partial charge in [0.15, 0.2) is 46.5 Å². The van der Waals surface area contributed by atoms with Gasteiger partial charge in [0.1, 0.15) is 22.6 Å². The normalized spacial score (nSPS) is 12.0. The molecular formula is C27H6F16O3. The fourth-order valence-electron chi connectivity index (χ4n) is 4.12. The predicted molar refractivity (Wildman–Crippen MR) is 120 cm³/mol. The third-order valence-corrected chi connectivity index (χ3v) is 5.96. The maximum absolute atomic E-state index is 14.4. The monoisotopic (exact) mass is 682 g/mol. The maximum atomic E-state index is 14.4. The van der Waals surface area contributed by atoms with Crippen LogP contribution in [-0.4, -0.2) is 6.16 Å². The largest absolute Gasteiger partial charge is 0.519 e. The zero-order chi connectivity index (χ0) is 34.6. The Balaban J connectivity index is 1.85. The standard InChI is InChI=1S/C27H6F16O3/c28-15-11(16(29)20(33)23(36)19(15)32)7-3-1-5-9(13(7)26(38,39)40)45-25(44)46-10-6-2-4-8(14(10)27(41,42)43)12-17(30)21(34)24(37)22(35)18(12)31/h1-6H. The number of carbonyl (C=O) groups excluding carboxylic acids is 1.